The summed E-state index contributed by atoms with van der Waals surface area (Å²) >= 11 is 0.957. The van der Waals surface area contributed by atoms with Crippen molar-refractivity contribution < 1.29 is 19.2 Å². The SMILES string of the molecule is O=Nc1ccc2c(CCC(=O)O)cn(SOc3ccccc3O)c2c1. The van der Waals surface area contributed by atoms with Crippen LogP contribution in [0.1, 0.15) is 12.0 Å². The maximum atomic E-state index is 10.8. The van der Waals surface area contributed by atoms with E-state index >= 15 is 0 Å². The van der Waals surface area contributed by atoms with Crippen LogP contribution in [0.15, 0.2) is 53.8 Å². The average molecular weight is 358 g/mol. The monoisotopic (exact) mass is 358 g/mol. The van der Waals surface area contributed by atoms with Gasteiger partial charge in [-0.05, 0) is 41.4 Å². The van der Waals surface area contributed by atoms with Crippen LogP contribution in [0, 0.1) is 4.91 Å². The number of carbonyl (C=O) groups is 1. The summed E-state index contributed by atoms with van der Waals surface area (Å²) in [6.45, 7) is 0. The molecule has 0 aliphatic heterocycles. The number of para-hydroxylation sites is 2. The molecule has 0 saturated carbocycles. The van der Waals surface area contributed by atoms with Crippen LogP contribution < -0.4 is 4.18 Å². The number of aryl methyl sites for hydroxylation is 1. The number of phenols is 1. The zero-order chi connectivity index (χ0) is 17.8. The molecule has 0 saturated heterocycles. The zero-order valence-electron chi connectivity index (χ0n) is 13.0. The van der Waals surface area contributed by atoms with Gasteiger partial charge < -0.3 is 14.4 Å². The fourth-order valence-electron chi connectivity index (χ4n) is 2.42. The molecule has 0 aliphatic rings. The van der Waals surface area contributed by atoms with Crippen molar-refractivity contribution in [2.75, 3.05) is 0 Å². The minimum Gasteiger partial charge on any atom is -0.504 e. The van der Waals surface area contributed by atoms with Crippen LogP contribution in [0.5, 0.6) is 11.5 Å². The van der Waals surface area contributed by atoms with Gasteiger partial charge >= 0.3 is 5.97 Å². The number of phenolic OH excluding ortho intramolecular Hbond substituents is 1. The molecule has 0 bridgehead atoms. The number of nitrogens with zero attached hydrogens (tertiary/aromatic N) is 2. The summed E-state index contributed by atoms with van der Waals surface area (Å²) in [5.41, 5.74) is 1.76. The zero-order valence-corrected chi connectivity index (χ0v) is 13.8. The number of rotatable bonds is 7. The highest BCUT2D eigenvalue weighted by atomic mass is 32.2. The van der Waals surface area contributed by atoms with Crippen molar-refractivity contribution in [1.82, 2.24) is 3.97 Å². The smallest absolute Gasteiger partial charge is 0.303 e. The Morgan fingerprint density at radius 2 is 2.04 bits per heavy atom. The molecule has 3 rings (SSSR count). The summed E-state index contributed by atoms with van der Waals surface area (Å²) in [4.78, 5) is 21.6. The molecule has 0 spiro atoms. The van der Waals surface area contributed by atoms with Gasteiger partial charge in [0.05, 0.1) is 5.52 Å². The van der Waals surface area contributed by atoms with E-state index in [2.05, 4.69) is 5.18 Å². The molecular formula is C17H14N2O5S. The molecular weight excluding hydrogens is 344 g/mol. The summed E-state index contributed by atoms with van der Waals surface area (Å²) < 4.78 is 7.22. The molecule has 7 nitrogen and oxygen atoms in total. The van der Waals surface area contributed by atoms with Crippen LogP contribution in [-0.2, 0) is 11.2 Å². The number of benzene rings is 2. The number of hydrogen-bond donors (Lipinski definition) is 2. The predicted molar refractivity (Wildman–Crippen MR) is 95.1 cm³/mol. The number of hydrogen-bond acceptors (Lipinski definition) is 6. The molecule has 128 valence electrons. The van der Waals surface area contributed by atoms with E-state index in [0.717, 1.165) is 23.2 Å². The number of fused-ring (bicyclic) bond motifs is 1. The summed E-state index contributed by atoms with van der Waals surface area (Å²) in [6.07, 6.45) is 2.11. The fraction of sp³-hybridized carbons (Fsp3) is 0.118. The molecule has 3 aromatic rings. The van der Waals surface area contributed by atoms with Crippen molar-refractivity contribution in [3.63, 3.8) is 0 Å². The first-order valence-corrected chi connectivity index (χ1v) is 8.10. The van der Waals surface area contributed by atoms with Gasteiger partial charge in [0.15, 0.2) is 23.7 Å². The third-order valence-electron chi connectivity index (χ3n) is 3.62. The number of aromatic hydroxyl groups is 1. The summed E-state index contributed by atoms with van der Waals surface area (Å²) in [6, 6.07) is 11.5. The van der Waals surface area contributed by atoms with Crippen LogP contribution in [0.25, 0.3) is 10.9 Å². The lowest BCUT2D eigenvalue weighted by Gasteiger charge is -2.06. The van der Waals surface area contributed by atoms with Gasteiger partial charge in [-0.15, -0.1) is 4.91 Å². The minimum absolute atomic E-state index is 0.00219. The average Bonchev–Trinajstić information content (AvgIpc) is 2.96. The highest BCUT2D eigenvalue weighted by Gasteiger charge is 2.13. The van der Waals surface area contributed by atoms with Gasteiger partial charge in [0.25, 0.3) is 0 Å². The molecule has 1 aromatic heterocycles. The third kappa shape index (κ3) is 3.74. The maximum Gasteiger partial charge on any atom is 0.303 e. The summed E-state index contributed by atoms with van der Waals surface area (Å²) in [5, 5.41) is 22.4. The summed E-state index contributed by atoms with van der Waals surface area (Å²) in [7, 11) is 0. The number of aliphatic carboxylic acids is 1. The standard InChI is InChI=1S/C17H14N2O5S/c20-15-3-1-2-4-16(15)24-25-19-10-11(5-8-17(21)22)13-7-6-12(18-23)9-14(13)19/h1-4,6-7,9-10,20H,5,8H2,(H,21,22). The number of carboxylic acid groups (broad SMARTS) is 1. The second kappa shape index (κ2) is 7.27. The van der Waals surface area contributed by atoms with Gasteiger partial charge in [0, 0.05) is 18.0 Å². The molecule has 0 radical (unpaired) electrons. The van der Waals surface area contributed by atoms with Crippen molar-refractivity contribution in [2.24, 2.45) is 5.18 Å². The van der Waals surface area contributed by atoms with Gasteiger partial charge in [0.2, 0.25) is 0 Å². The van der Waals surface area contributed by atoms with E-state index in [1.54, 1.807) is 46.6 Å². The molecule has 25 heavy (non-hydrogen) atoms. The minimum atomic E-state index is -0.884. The van der Waals surface area contributed by atoms with Crippen molar-refractivity contribution >= 4 is 34.8 Å². The van der Waals surface area contributed by atoms with Gasteiger partial charge in [0.1, 0.15) is 5.69 Å². The lowest BCUT2D eigenvalue weighted by atomic mass is 10.1. The Morgan fingerprint density at radius 1 is 1.24 bits per heavy atom. The lowest BCUT2D eigenvalue weighted by Crippen LogP contribution is -1.96. The molecule has 8 heteroatoms. The van der Waals surface area contributed by atoms with Crippen LogP contribution in [-0.4, -0.2) is 20.2 Å². The highest BCUT2D eigenvalue weighted by Crippen LogP contribution is 2.33. The van der Waals surface area contributed by atoms with Crippen molar-refractivity contribution in [3.8, 4) is 11.5 Å². The van der Waals surface area contributed by atoms with Crippen LogP contribution >= 0.6 is 12.2 Å². The van der Waals surface area contributed by atoms with E-state index < -0.39 is 5.97 Å². The Kier molecular flexibility index (Phi) is 4.90. The molecule has 0 amide bonds. The van der Waals surface area contributed by atoms with Crippen molar-refractivity contribution in [2.45, 2.75) is 12.8 Å². The molecule has 0 unspecified atom stereocenters. The number of aromatic nitrogens is 1. The molecule has 2 aromatic carbocycles. The molecule has 0 fully saturated rings. The Morgan fingerprint density at radius 3 is 2.76 bits per heavy atom. The summed E-state index contributed by atoms with van der Waals surface area (Å²) in [5.74, 6) is -0.580. The topological polar surface area (TPSA) is 101 Å². The second-order valence-electron chi connectivity index (χ2n) is 5.29. The first-order chi connectivity index (χ1) is 12.1. The van der Waals surface area contributed by atoms with E-state index in [-0.39, 0.29) is 17.9 Å². The van der Waals surface area contributed by atoms with Crippen LogP contribution in [0.3, 0.4) is 0 Å². The van der Waals surface area contributed by atoms with Gasteiger partial charge in [-0.3, -0.25) is 8.77 Å². The van der Waals surface area contributed by atoms with E-state index in [9.17, 15) is 14.8 Å². The maximum absolute atomic E-state index is 10.8. The van der Waals surface area contributed by atoms with Gasteiger partial charge in [-0.1, -0.05) is 18.2 Å². The van der Waals surface area contributed by atoms with E-state index in [4.69, 9.17) is 9.29 Å². The first kappa shape index (κ1) is 16.8. The largest absolute Gasteiger partial charge is 0.504 e. The Labute approximate surface area is 147 Å². The second-order valence-corrected chi connectivity index (χ2v) is 6.00. The molecule has 0 aliphatic carbocycles. The quantitative estimate of drug-likeness (QED) is 0.483. The third-order valence-corrected chi connectivity index (χ3v) is 4.34. The van der Waals surface area contributed by atoms with Crippen molar-refractivity contribution in [3.05, 3.63) is 59.1 Å². The van der Waals surface area contributed by atoms with E-state index in [0.29, 0.717) is 17.7 Å². The van der Waals surface area contributed by atoms with E-state index in [1.807, 2.05) is 0 Å². The number of carboxylic acids is 1. The van der Waals surface area contributed by atoms with Gasteiger partial charge in [-0.2, -0.15) is 0 Å². The Bertz CT molecular complexity index is 938. The lowest BCUT2D eigenvalue weighted by molar-refractivity contribution is -0.136. The van der Waals surface area contributed by atoms with Crippen LogP contribution in [0.4, 0.5) is 5.69 Å². The predicted octanol–water partition coefficient (Wildman–Crippen LogP) is 4.25. The van der Waals surface area contributed by atoms with Crippen LogP contribution in [0.2, 0.25) is 0 Å². The molecule has 2 N–H and O–H groups in total. The number of nitroso groups, excluding NO2 is 1. The fourth-order valence-corrected chi connectivity index (χ4v) is 3.12. The Balaban J connectivity index is 1.93. The van der Waals surface area contributed by atoms with E-state index in [1.165, 1.54) is 6.07 Å². The van der Waals surface area contributed by atoms with Crippen molar-refractivity contribution in [1.29, 1.82) is 0 Å². The normalized spacial score (nSPS) is 10.7. The molecule has 0 atom stereocenters. The Hall–Kier alpha value is -3.00. The van der Waals surface area contributed by atoms with Gasteiger partial charge in [-0.25, -0.2) is 0 Å². The first-order valence-electron chi connectivity index (χ1n) is 7.40. The molecule has 1 heterocycles. The highest BCUT2D eigenvalue weighted by molar-refractivity contribution is 7.93.